The van der Waals surface area contributed by atoms with Crippen molar-refractivity contribution < 1.29 is 19.1 Å². The molecule has 0 bridgehead atoms. The number of anilines is 1. The minimum absolute atomic E-state index is 0.195. The number of imidazole rings is 1. The first-order valence-electron chi connectivity index (χ1n) is 8.54. The third-order valence-electron chi connectivity index (χ3n) is 4.28. The van der Waals surface area contributed by atoms with E-state index in [1.165, 1.54) is 6.08 Å². The first kappa shape index (κ1) is 18.7. The van der Waals surface area contributed by atoms with Gasteiger partial charge in [-0.15, -0.1) is 0 Å². The van der Waals surface area contributed by atoms with Crippen molar-refractivity contribution >= 4 is 17.5 Å². The second-order valence-electron chi connectivity index (χ2n) is 6.15. The van der Waals surface area contributed by atoms with Crippen LogP contribution in [0.3, 0.4) is 0 Å². The zero-order valence-corrected chi connectivity index (χ0v) is 15.3. The number of morpholine rings is 1. The van der Waals surface area contributed by atoms with E-state index < -0.39 is 6.10 Å². The summed E-state index contributed by atoms with van der Waals surface area (Å²) in [6.45, 7) is 6.33. The number of amides is 2. The molecule has 8 heteroatoms. The van der Waals surface area contributed by atoms with Gasteiger partial charge in [0.2, 0.25) is 5.91 Å². The molecule has 1 fully saturated rings. The Balaban J connectivity index is 1.72. The lowest BCUT2D eigenvalue weighted by molar-refractivity contribution is -0.141. The Morgan fingerprint density at radius 2 is 2.26 bits per heavy atom. The van der Waals surface area contributed by atoms with Gasteiger partial charge in [0.1, 0.15) is 5.75 Å². The van der Waals surface area contributed by atoms with Crippen LogP contribution in [0.4, 0.5) is 5.69 Å². The maximum atomic E-state index is 12.5. The lowest BCUT2D eigenvalue weighted by atomic mass is 10.2. The van der Waals surface area contributed by atoms with E-state index in [4.69, 9.17) is 9.47 Å². The molecule has 1 aromatic heterocycles. The number of hydrogen-bond donors (Lipinski definition) is 1. The SMILES string of the molecule is C=CC(=O)N1CCO[C@@H](C(=O)Nc2ccc(-n3cnc(C)c3)c(OC)c2)C1. The highest BCUT2D eigenvalue weighted by molar-refractivity contribution is 5.95. The van der Waals surface area contributed by atoms with Gasteiger partial charge in [-0.25, -0.2) is 4.98 Å². The fourth-order valence-electron chi connectivity index (χ4n) is 2.88. The first-order chi connectivity index (χ1) is 13.0. The van der Waals surface area contributed by atoms with Crippen molar-refractivity contribution in [3.05, 3.63) is 49.1 Å². The number of nitrogens with zero attached hydrogens (tertiary/aromatic N) is 3. The van der Waals surface area contributed by atoms with Gasteiger partial charge in [-0.05, 0) is 25.1 Å². The van der Waals surface area contributed by atoms with Crippen molar-refractivity contribution in [1.29, 1.82) is 0 Å². The Morgan fingerprint density at radius 3 is 2.93 bits per heavy atom. The summed E-state index contributed by atoms with van der Waals surface area (Å²) in [5.74, 6) is 0.0702. The van der Waals surface area contributed by atoms with E-state index in [9.17, 15) is 9.59 Å². The van der Waals surface area contributed by atoms with Crippen LogP contribution in [0.2, 0.25) is 0 Å². The topological polar surface area (TPSA) is 85.7 Å². The van der Waals surface area contributed by atoms with E-state index in [0.29, 0.717) is 24.6 Å². The molecule has 142 valence electrons. The minimum atomic E-state index is -0.732. The lowest BCUT2D eigenvalue weighted by Crippen LogP contribution is -2.49. The van der Waals surface area contributed by atoms with E-state index in [1.807, 2.05) is 23.8 Å². The highest BCUT2D eigenvalue weighted by Crippen LogP contribution is 2.27. The van der Waals surface area contributed by atoms with Crippen molar-refractivity contribution in [3.8, 4) is 11.4 Å². The Morgan fingerprint density at radius 1 is 1.44 bits per heavy atom. The van der Waals surface area contributed by atoms with Crippen molar-refractivity contribution in [2.24, 2.45) is 0 Å². The van der Waals surface area contributed by atoms with Crippen LogP contribution >= 0.6 is 0 Å². The molecule has 1 aromatic carbocycles. The summed E-state index contributed by atoms with van der Waals surface area (Å²) in [5.41, 5.74) is 2.28. The van der Waals surface area contributed by atoms with Crippen molar-refractivity contribution in [2.45, 2.75) is 13.0 Å². The molecule has 3 rings (SSSR count). The van der Waals surface area contributed by atoms with Gasteiger partial charge in [-0.3, -0.25) is 9.59 Å². The highest BCUT2D eigenvalue weighted by atomic mass is 16.5. The molecule has 0 saturated carbocycles. The monoisotopic (exact) mass is 370 g/mol. The predicted molar refractivity (Wildman–Crippen MR) is 100.0 cm³/mol. The van der Waals surface area contributed by atoms with E-state index in [2.05, 4.69) is 16.9 Å². The maximum Gasteiger partial charge on any atom is 0.255 e. The summed E-state index contributed by atoms with van der Waals surface area (Å²) in [6.07, 6.45) is 4.09. The third-order valence-corrected chi connectivity index (χ3v) is 4.28. The summed E-state index contributed by atoms with van der Waals surface area (Å²) in [4.78, 5) is 30.0. The van der Waals surface area contributed by atoms with Gasteiger partial charge in [0.05, 0.1) is 38.0 Å². The number of rotatable bonds is 5. The summed E-state index contributed by atoms with van der Waals surface area (Å²) in [5, 5.41) is 2.82. The van der Waals surface area contributed by atoms with Gasteiger partial charge >= 0.3 is 0 Å². The van der Waals surface area contributed by atoms with Crippen molar-refractivity contribution in [1.82, 2.24) is 14.5 Å². The summed E-state index contributed by atoms with van der Waals surface area (Å²) < 4.78 is 12.8. The van der Waals surface area contributed by atoms with Crippen LogP contribution in [0.25, 0.3) is 5.69 Å². The van der Waals surface area contributed by atoms with E-state index in [0.717, 1.165) is 11.4 Å². The fourth-order valence-corrected chi connectivity index (χ4v) is 2.88. The number of benzene rings is 1. The highest BCUT2D eigenvalue weighted by Gasteiger charge is 2.28. The first-order valence-corrected chi connectivity index (χ1v) is 8.54. The molecule has 0 aliphatic carbocycles. The molecular weight excluding hydrogens is 348 g/mol. The maximum absolute atomic E-state index is 12.5. The van der Waals surface area contributed by atoms with Gasteiger partial charge in [0.15, 0.2) is 6.10 Å². The number of ether oxygens (including phenoxy) is 2. The third kappa shape index (κ3) is 4.17. The summed E-state index contributed by atoms with van der Waals surface area (Å²) in [7, 11) is 1.57. The molecular formula is C19H22N4O4. The second kappa shape index (κ2) is 8.05. The van der Waals surface area contributed by atoms with Crippen LogP contribution in [0.15, 0.2) is 43.4 Å². The van der Waals surface area contributed by atoms with Gasteiger partial charge in [-0.1, -0.05) is 6.58 Å². The Kier molecular flexibility index (Phi) is 5.56. The van der Waals surface area contributed by atoms with Crippen molar-refractivity contribution in [3.63, 3.8) is 0 Å². The number of aryl methyl sites for hydroxylation is 1. The van der Waals surface area contributed by atoms with E-state index in [1.54, 1.807) is 30.5 Å². The Labute approximate surface area is 157 Å². The molecule has 0 radical (unpaired) electrons. The molecule has 2 aromatic rings. The van der Waals surface area contributed by atoms with E-state index in [-0.39, 0.29) is 18.4 Å². The van der Waals surface area contributed by atoms with Crippen LogP contribution in [0.5, 0.6) is 5.75 Å². The number of carbonyl (C=O) groups is 2. The number of methoxy groups -OCH3 is 1. The molecule has 0 spiro atoms. The van der Waals surface area contributed by atoms with Gasteiger partial charge in [0.25, 0.3) is 5.91 Å². The molecule has 1 atom stereocenters. The lowest BCUT2D eigenvalue weighted by Gasteiger charge is -2.31. The smallest absolute Gasteiger partial charge is 0.255 e. The minimum Gasteiger partial charge on any atom is -0.494 e. The molecule has 27 heavy (non-hydrogen) atoms. The molecule has 0 unspecified atom stereocenters. The number of aromatic nitrogens is 2. The second-order valence-corrected chi connectivity index (χ2v) is 6.15. The standard InChI is InChI=1S/C19H22N4O4/c1-4-18(24)22-7-8-27-17(11-22)19(25)21-14-5-6-15(16(9-14)26-3)23-10-13(2)20-12-23/h4-6,9-10,12,17H,1,7-8,11H2,2-3H3,(H,21,25)/t17-/m1/s1. The Hall–Kier alpha value is -3.13. The van der Waals surface area contributed by atoms with Crippen LogP contribution in [0, 0.1) is 6.92 Å². The van der Waals surface area contributed by atoms with Crippen LogP contribution in [-0.4, -0.2) is 59.2 Å². The van der Waals surface area contributed by atoms with Gasteiger partial charge in [0, 0.05) is 24.5 Å². The fraction of sp³-hybridized carbons (Fsp3) is 0.316. The quantitative estimate of drug-likeness (QED) is 0.807. The average Bonchev–Trinajstić information content (AvgIpc) is 3.13. The van der Waals surface area contributed by atoms with Crippen LogP contribution in [0.1, 0.15) is 5.69 Å². The zero-order chi connectivity index (χ0) is 19.4. The van der Waals surface area contributed by atoms with Gasteiger partial charge in [-0.2, -0.15) is 0 Å². The normalized spacial score (nSPS) is 16.7. The van der Waals surface area contributed by atoms with Gasteiger partial charge < -0.3 is 24.3 Å². The average molecular weight is 370 g/mol. The number of hydrogen-bond acceptors (Lipinski definition) is 5. The molecule has 2 amide bonds. The zero-order valence-electron chi connectivity index (χ0n) is 15.3. The number of carbonyl (C=O) groups excluding carboxylic acids is 2. The summed E-state index contributed by atoms with van der Waals surface area (Å²) in [6, 6.07) is 5.35. The molecule has 2 heterocycles. The van der Waals surface area contributed by atoms with Crippen LogP contribution in [-0.2, 0) is 14.3 Å². The van der Waals surface area contributed by atoms with Crippen LogP contribution < -0.4 is 10.1 Å². The summed E-state index contributed by atoms with van der Waals surface area (Å²) >= 11 is 0. The molecule has 1 aliphatic rings. The molecule has 1 N–H and O–H groups in total. The molecule has 8 nitrogen and oxygen atoms in total. The van der Waals surface area contributed by atoms with Crippen molar-refractivity contribution in [2.75, 3.05) is 32.1 Å². The Bertz CT molecular complexity index is 861. The van der Waals surface area contributed by atoms with E-state index >= 15 is 0 Å². The number of nitrogens with one attached hydrogen (secondary N) is 1. The largest absolute Gasteiger partial charge is 0.494 e. The predicted octanol–water partition coefficient (Wildman–Crippen LogP) is 1.54. The molecule has 1 saturated heterocycles. The molecule has 1 aliphatic heterocycles.